The van der Waals surface area contributed by atoms with Gasteiger partial charge in [-0.3, -0.25) is 0 Å². The minimum absolute atomic E-state index is 0.284. The van der Waals surface area contributed by atoms with Crippen molar-refractivity contribution in [2.45, 2.75) is 31.8 Å². The molecule has 17 heavy (non-hydrogen) atoms. The van der Waals surface area contributed by atoms with Crippen LogP contribution in [0.1, 0.15) is 25.3 Å². The Morgan fingerprint density at radius 3 is 2.65 bits per heavy atom. The van der Waals surface area contributed by atoms with E-state index in [1.54, 1.807) is 0 Å². The van der Waals surface area contributed by atoms with Gasteiger partial charge < -0.3 is 9.84 Å². The van der Waals surface area contributed by atoms with E-state index in [1.807, 2.05) is 0 Å². The molecule has 2 unspecified atom stereocenters. The molecule has 1 N–H and O–H groups in total. The molecule has 0 bridgehead atoms. The first-order chi connectivity index (χ1) is 8.14. The summed E-state index contributed by atoms with van der Waals surface area (Å²) in [6, 6.07) is 8.41. The zero-order valence-electron chi connectivity index (χ0n) is 10.2. The van der Waals surface area contributed by atoms with Crippen molar-refractivity contribution < 1.29 is 9.84 Å². The summed E-state index contributed by atoms with van der Waals surface area (Å²) < 4.78 is 6.63. The minimum Gasteiger partial charge on any atom is -0.389 e. The van der Waals surface area contributed by atoms with E-state index in [-0.39, 0.29) is 5.92 Å². The van der Waals surface area contributed by atoms with Crippen molar-refractivity contribution >= 4 is 22.6 Å². The molecule has 1 fully saturated rings. The van der Waals surface area contributed by atoms with Gasteiger partial charge in [0.2, 0.25) is 0 Å². The van der Waals surface area contributed by atoms with Crippen LogP contribution in [0.15, 0.2) is 24.3 Å². The smallest absolute Gasteiger partial charge is 0.0736 e. The Kier molecular flexibility index (Phi) is 4.44. The molecule has 1 aromatic rings. The first-order valence-electron chi connectivity index (χ1n) is 6.18. The van der Waals surface area contributed by atoms with E-state index in [4.69, 9.17) is 4.74 Å². The van der Waals surface area contributed by atoms with E-state index in [2.05, 4.69) is 53.8 Å². The molecule has 0 spiro atoms. The van der Waals surface area contributed by atoms with Crippen LogP contribution in [0.3, 0.4) is 0 Å². The second-order valence-corrected chi connectivity index (χ2v) is 6.07. The highest BCUT2D eigenvalue weighted by Crippen LogP contribution is 2.32. The normalized spacial score (nSPS) is 23.6. The predicted octanol–water partition coefficient (Wildman–Crippen LogP) is 3.01. The fourth-order valence-electron chi connectivity index (χ4n) is 2.47. The number of hydrogen-bond acceptors (Lipinski definition) is 2. The summed E-state index contributed by atoms with van der Waals surface area (Å²) in [5, 5.41) is 10.8. The van der Waals surface area contributed by atoms with Crippen molar-refractivity contribution in [2.75, 3.05) is 13.2 Å². The van der Waals surface area contributed by atoms with Crippen LogP contribution in [0.25, 0.3) is 0 Å². The number of benzene rings is 1. The van der Waals surface area contributed by atoms with E-state index in [9.17, 15) is 5.11 Å². The number of aliphatic hydroxyl groups is 1. The van der Waals surface area contributed by atoms with E-state index >= 15 is 0 Å². The van der Waals surface area contributed by atoms with Gasteiger partial charge in [-0.25, -0.2) is 0 Å². The Morgan fingerprint density at radius 2 is 2.12 bits per heavy atom. The van der Waals surface area contributed by atoms with E-state index in [0.29, 0.717) is 6.61 Å². The zero-order valence-corrected chi connectivity index (χ0v) is 12.3. The molecule has 1 aromatic carbocycles. The molecule has 0 saturated carbocycles. The lowest BCUT2D eigenvalue weighted by Crippen LogP contribution is -2.40. The summed E-state index contributed by atoms with van der Waals surface area (Å²) in [5.74, 6) is 0.284. The fraction of sp³-hybridized carbons (Fsp3) is 0.571. The van der Waals surface area contributed by atoms with E-state index < -0.39 is 5.60 Å². The third-order valence-electron chi connectivity index (χ3n) is 3.73. The summed E-state index contributed by atoms with van der Waals surface area (Å²) >= 11 is 2.30. The third-order valence-corrected chi connectivity index (χ3v) is 4.44. The van der Waals surface area contributed by atoms with Crippen LogP contribution >= 0.6 is 22.6 Å². The highest BCUT2D eigenvalue weighted by molar-refractivity contribution is 14.1. The van der Waals surface area contributed by atoms with Gasteiger partial charge in [-0.1, -0.05) is 19.1 Å². The summed E-state index contributed by atoms with van der Waals surface area (Å²) in [7, 11) is 0. The Morgan fingerprint density at radius 1 is 1.41 bits per heavy atom. The molecule has 0 aliphatic carbocycles. The zero-order chi connectivity index (χ0) is 12.3. The van der Waals surface area contributed by atoms with Crippen LogP contribution in [0.2, 0.25) is 0 Å². The van der Waals surface area contributed by atoms with Crippen molar-refractivity contribution in [3.05, 3.63) is 33.4 Å². The molecule has 2 atom stereocenters. The van der Waals surface area contributed by atoms with Crippen LogP contribution < -0.4 is 0 Å². The molecule has 0 radical (unpaired) electrons. The maximum Gasteiger partial charge on any atom is 0.0736 e. The second-order valence-electron chi connectivity index (χ2n) is 4.82. The SMILES string of the molecule is CCC(O)(Cc1ccc(I)cc1)C1CCOC1. The molecule has 3 heteroatoms. The fourth-order valence-corrected chi connectivity index (χ4v) is 2.83. The molecule has 0 aromatic heterocycles. The van der Waals surface area contributed by atoms with Gasteiger partial charge >= 0.3 is 0 Å². The van der Waals surface area contributed by atoms with Gasteiger partial charge in [0.1, 0.15) is 0 Å². The topological polar surface area (TPSA) is 29.5 Å². The second kappa shape index (κ2) is 5.67. The average molecular weight is 346 g/mol. The monoisotopic (exact) mass is 346 g/mol. The molecule has 1 aliphatic rings. The number of halogens is 1. The number of rotatable bonds is 4. The number of hydrogen-bond donors (Lipinski definition) is 1. The largest absolute Gasteiger partial charge is 0.389 e. The van der Waals surface area contributed by atoms with Crippen LogP contribution in [0.4, 0.5) is 0 Å². The first-order valence-corrected chi connectivity index (χ1v) is 7.26. The molecule has 0 amide bonds. The van der Waals surface area contributed by atoms with Crippen LogP contribution in [-0.2, 0) is 11.2 Å². The maximum atomic E-state index is 10.8. The van der Waals surface area contributed by atoms with E-state index in [1.165, 1.54) is 9.13 Å². The van der Waals surface area contributed by atoms with Crippen LogP contribution in [-0.4, -0.2) is 23.9 Å². The lowest BCUT2D eigenvalue weighted by atomic mass is 9.80. The summed E-state index contributed by atoms with van der Waals surface area (Å²) in [4.78, 5) is 0. The van der Waals surface area contributed by atoms with Crippen molar-refractivity contribution in [3.63, 3.8) is 0 Å². The van der Waals surface area contributed by atoms with Crippen molar-refractivity contribution in [1.29, 1.82) is 0 Å². The molecule has 1 aliphatic heterocycles. The van der Waals surface area contributed by atoms with Gasteiger partial charge in [0.05, 0.1) is 12.2 Å². The summed E-state index contributed by atoms with van der Waals surface area (Å²) in [6.45, 7) is 3.55. The molecular weight excluding hydrogens is 327 g/mol. The molecule has 1 heterocycles. The molecule has 94 valence electrons. The highest BCUT2D eigenvalue weighted by Gasteiger charge is 2.37. The quantitative estimate of drug-likeness (QED) is 0.850. The van der Waals surface area contributed by atoms with Gasteiger partial charge in [-0.2, -0.15) is 0 Å². The lowest BCUT2D eigenvalue weighted by molar-refractivity contribution is -0.0248. The Bertz CT molecular complexity index is 357. The van der Waals surface area contributed by atoms with Crippen LogP contribution in [0, 0.1) is 9.49 Å². The van der Waals surface area contributed by atoms with Gasteiger partial charge in [-0.15, -0.1) is 0 Å². The highest BCUT2D eigenvalue weighted by atomic mass is 127. The predicted molar refractivity (Wildman–Crippen MR) is 77.0 cm³/mol. The Hall–Kier alpha value is -0.130. The van der Waals surface area contributed by atoms with Crippen molar-refractivity contribution in [1.82, 2.24) is 0 Å². The van der Waals surface area contributed by atoms with Gasteiger partial charge in [0.25, 0.3) is 0 Å². The lowest BCUT2D eigenvalue weighted by Gasteiger charge is -2.32. The Balaban J connectivity index is 2.10. The first kappa shape index (κ1) is 13.3. The third kappa shape index (κ3) is 3.20. The van der Waals surface area contributed by atoms with Gasteiger partial charge in [0, 0.05) is 22.5 Å². The van der Waals surface area contributed by atoms with Crippen LogP contribution in [0.5, 0.6) is 0 Å². The molecule has 2 nitrogen and oxygen atoms in total. The molecule has 1 saturated heterocycles. The van der Waals surface area contributed by atoms with Crippen molar-refractivity contribution in [2.24, 2.45) is 5.92 Å². The van der Waals surface area contributed by atoms with Crippen molar-refractivity contribution in [3.8, 4) is 0 Å². The van der Waals surface area contributed by atoms with Gasteiger partial charge in [-0.05, 0) is 53.1 Å². The molecular formula is C14H19IO2. The van der Waals surface area contributed by atoms with Gasteiger partial charge in [0.15, 0.2) is 0 Å². The standard InChI is InChI=1S/C14H19IO2/c1-2-14(16,12-7-8-17-10-12)9-11-3-5-13(15)6-4-11/h3-6,12,16H,2,7-10H2,1H3. The average Bonchev–Trinajstić information content (AvgIpc) is 2.86. The summed E-state index contributed by atoms with van der Waals surface area (Å²) in [5.41, 5.74) is 0.602. The minimum atomic E-state index is -0.608. The molecule has 2 rings (SSSR count). The Labute approximate surface area is 117 Å². The maximum absolute atomic E-state index is 10.8. The van der Waals surface area contributed by atoms with E-state index in [0.717, 1.165) is 25.9 Å². The number of ether oxygens (including phenoxy) is 1. The summed E-state index contributed by atoms with van der Waals surface area (Å²) in [6.07, 6.45) is 2.50.